The predicted octanol–water partition coefficient (Wildman–Crippen LogP) is 5.92. The number of carboxylic acid groups (broad SMARTS) is 1. The molecule has 0 saturated carbocycles. The smallest absolute Gasteiger partial charge is 0.323 e. The Morgan fingerprint density at radius 3 is 2.31 bits per heavy atom. The van der Waals surface area contributed by atoms with Crippen molar-refractivity contribution in [3.8, 4) is 11.5 Å². The van der Waals surface area contributed by atoms with Crippen molar-refractivity contribution < 1.29 is 28.9 Å². The van der Waals surface area contributed by atoms with Crippen molar-refractivity contribution in [2.75, 3.05) is 26.9 Å². The summed E-state index contributed by atoms with van der Waals surface area (Å²) >= 11 is 6.29. The molecule has 9 heteroatoms. The van der Waals surface area contributed by atoms with Crippen LogP contribution in [0.1, 0.15) is 35.6 Å². The molecule has 0 bridgehead atoms. The Bertz CT molecular complexity index is 1350. The molecule has 0 radical (unpaired) electrons. The van der Waals surface area contributed by atoms with Gasteiger partial charge in [0.1, 0.15) is 17.0 Å². The summed E-state index contributed by atoms with van der Waals surface area (Å²) in [5.74, 6) is -0.354. The maximum Gasteiger partial charge on any atom is 0.323 e. The quantitative estimate of drug-likeness (QED) is 0.215. The molecule has 1 fully saturated rings. The summed E-state index contributed by atoms with van der Waals surface area (Å²) in [6.07, 6.45) is 1.28. The van der Waals surface area contributed by atoms with Gasteiger partial charge in [-0.2, -0.15) is 0 Å². The highest BCUT2D eigenvalue weighted by Gasteiger charge is 2.33. The summed E-state index contributed by atoms with van der Waals surface area (Å²) in [6.45, 7) is 2.38. The first-order chi connectivity index (χ1) is 18.9. The molecule has 39 heavy (non-hydrogen) atoms. The molecule has 1 heterocycles. The summed E-state index contributed by atoms with van der Waals surface area (Å²) in [6, 6.07) is 25.3. The molecule has 7 nitrogen and oxygen atoms in total. The lowest BCUT2D eigenvalue weighted by molar-refractivity contribution is -0.140. The van der Waals surface area contributed by atoms with Crippen LogP contribution in [0.25, 0.3) is 6.08 Å². The van der Waals surface area contributed by atoms with E-state index in [0.717, 1.165) is 22.2 Å². The Kier molecular flexibility index (Phi) is 9.75. The number of nitrogens with zero attached hydrogens (tertiary/aromatic N) is 1. The van der Waals surface area contributed by atoms with Crippen LogP contribution in [-0.4, -0.2) is 53.1 Å². The minimum absolute atomic E-state index is 0.151. The van der Waals surface area contributed by atoms with Crippen LogP contribution in [0.3, 0.4) is 0 Å². The Hall–Kier alpha value is -3.66. The number of thioether (sulfide) groups is 1. The standard InChI is InChI=1S/C30H29NO6S2/c1-20(22-9-5-3-6-10-22)18-36-24-14-13-21(16-27-29(34)31(17-28(32)33)30(38)39-27)15-25(24)37-26(19-35-2)23-11-7-4-8-12-23/h3-16,20,26H,17-19H2,1-2H3,(H,32,33)/t20-,26?/m0/s1. The largest absolute Gasteiger partial charge is 0.489 e. The number of carbonyl (C=O) groups excluding carboxylic acids is 1. The Morgan fingerprint density at radius 1 is 1.00 bits per heavy atom. The van der Waals surface area contributed by atoms with Gasteiger partial charge in [0.2, 0.25) is 0 Å². The number of amides is 1. The van der Waals surface area contributed by atoms with Gasteiger partial charge in [0.15, 0.2) is 11.5 Å². The van der Waals surface area contributed by atoms with Crippen LogP contribution >= 0.6 is 24.0 Å². The molecular weight excluding hydrogens is 534 g/mol. The van der Waals surface area contributed by atoms with Crippen LogP contribution in [0.15, 0.2) is 83.8 Å². The van der Waals surface area contributed by atoms with E-state index in [1.54, 1.807) is 19.3 Å². The van der Waals surface area contributed by atoms with Gasteiger partial charge in [-0.3, -0.25) is 14.5 Å². The van der Waals surface area contributed by atoms with Gasteiger partial charge in [-0.1, -0.05) is 97.6 Å². The molecule has 1 aliphatic heterocycles. The molecular formula is C30H29NO6S2. The topological polar surface area (TPSA) is 85.3 Å². The number of hydrogen-bond donors (Lipinski definition) is 1. The number of carboxylic acids is 1. The first-order valence-electron chi connectivity index (χ1n) is 12.3. The van der Waals surface area contributed by atoms with Crippen LogP contribution in [0.4, 0.5) is 0 Å². The minimum atomic E-state index is -1.13. The molecule has 1 N–H and O–H groups in total. The normalized spacial score (nSPS) is 15.8. The maximum atomic E-state index is 12.8. The van der Waals surface area contributed by atoms with Crippen LogP contribution in [0.2, 0.25) is 0 Å². The molecule has 0 spiro atoms. The van der Waals surface area contributed by atoms with Crippen LogP contribution in [0, 0.1) is 0 Å². The summed E-state index contributed by atoms with van der Waals surface area (Å²) in [7, 11) is 1.62. The second-order valence-electron chi connectivity index (χ2n) is 8.96. The van der Waals surface area contributed by atoms with E-state index in [1.165, 1.54) is 5.56 Å². The van der Waals surface area contributed by atoms with Gasteiger partial charge in [0.05, 0.1) is 18.1 Å². The summed E-state index contributed by atoms with van der Waals surface area (Å²) in [4.78, 5) is 25.3. The van der Waals surface area contributed by atoms with Crippen molar-refractivity contribution in [2.45, 2.75) is 18.9 Å². The zero-order valence-electron chi connectivity index (χ0n) is 21.6. The van der Waals surface area contributed by atoms with Crippen molar-refractivity contribution >= 4 is 46.3 Å². The van der Waals surface area contributed by atoms with Crippen molar-refractivity contribution in [3.05, 3.63) is 100 Å². The number of aliphatic carboxylic acids is 1. The van der Waals surface area contributed by atoms with E-state index in [0.29, 0.717) is 35.2 Å². The van der Waals surface area contributed by atoms with Crippen LogP contribution in [0.5, 0.6) is 11.5 Å². The van der Waals surface area contributed by atoms with Gasteiger partial charge in [-0.25, -0.2) is 0 Å². The summed E-state index contributed by atoms with van der Waals surface area (Å²) in [5, 5.41) is 9.11. The Morgan fingerprint density at radius 2 is 1.67 bits per heavy atom. The zero-order chi connectivity index (χ0) is 27.8. The van der Waals surface area contributed by atoms with Gasteiger partial charge < -0.3 is 19.3 Å². The van der Waals surface area contributed by atoms with E-state index in [2.05, 4.69) is 19.1 Å². The molecule has 1 unspecified atom stereocenters. The molecule has 3 aromatic rings. The van der Waals surface area contributed by atoms with Crippen LogP contribution < -0.4 is 9.47 Å². The van der Waals surface area contributed by atoms with E-state index in [-0.39, 0.29) is 10.2 Å². The van der Waals surface area contributed by atoms with Crippen LogP contribution in [-0.2, 0) is 14.3 Å². The van der Waals surface area contributed by atoms with Crippen molar-refractivity contribution in [1.82, 2.24) is 4.90 Å². The third-order valence-electron chi connectivity index (χ3n) is 6.05. The van der Waals surface area contributed by atoms with E-state index in [4.69, 9.17) is 31.5 Å². The molecule has 3 aromatic carbocycles. The average Bonchev–Trinajstić information content (AvgIpc) is 3.20. The Labute approximate surface area is 237 Å². The van der Waals surface area contributed by atoms with Gasteiger partial charge in [-0.15, -0.1) is 0 Å². The molecule has 4 rings (SSSR count). The van der Waals surface area contributed by atoms with E-state index >= 15 is 0 Å². The fourth-order valence-corrected chi connectivity index (χ4v) is 5.27. The second kappa shape index (κ2) is 13.4. The number of methoxy groups -OCH3 is 1. The van der Waals surface area contributed by atoms with Crippen molar-refractivity contribution in [3.63, 3.8) is 0 Å². The third kappa shape index (κ3) is 7.47. The van der Waals surface area contributed by atoms with Gasteiger partial charge in [0, 0.05) is 13.0 Å². The SMILES string of the molecule is COCC(Oc1cc(C=C2SC(=S)N(CC(=O)O)C2=O)ccc1OC[C@H](C)c1ccccc1)c1ccccc1. The van der Waals surface area contributed by atoms with Gasteiger partial charge in [0.25, 0.3) is 5.91 Å². The molecule has 1 amide bonds. The highest BCUT2D eigenvalue weighted by atomic mass is 32.2. The zero-order valence-corrected chi connectivity index (χ0v) is 23.2. The van der Waals surface area contributed by atoms with Crippen molar-refractivity contribution in [1.29, 1.82) is 0 Å². The predicted molar refractivity (Wildman–Crippen MR) is 156 cm³/mol. The molecule has 1 saturated heterocycles. The lowest BCUT2D eigenvalue weighted by atomic mass is 10.0. The van der Waals surface area contributed by atoms with E-state index in [9.17, 15) is 9.59 Å². The monoisotopic (exact) mass is 563 g/mol. The van der Waals surface area contributed by atoms with Gasteiger partial charge in [-0.05, 0) is 34.9 Å². The number of carbonyl (C=O) groups is 2. The maximum absolute atomic E-state index is 12.8. The lowest BCUT2D eigenvalue weighted by Crippen LogP contribution is -2.33. The average molecular weight is 564 g/mol. The Balaban J connectivity index is 1.63. The first kappa shape index (κ1) is 28.4. The molecule has 0 aliphatic carbocycles. The highest BCUT2D eigenvalue weighted by molar-refractivity contribution is 8.26. The van der Waals surface area contributed by atoms with Gasteiger partial charge >= 0.3 is 5.97 Å². The molecule has 0 aromatic heterocycles. The number of rotatable bonds is 12. The number of ether oxygens (including phenoxy) is 3. The molecule has 202 valence electrons. The minimum Gasteiger partial charge on any atom is -0.489 e. The van der Waals surface area contributed by atoms with E-state index in [1.807, 2.05) is 60.7 Å². The fourth-order valence-electron chi connectivity index (χ4n) is 4.01. The third-order valence-corrected chi connectivity index (χ3v) is 7.43. The number of benzene rings is 3. The fraction of sp³-hybridized carbons (Fsp3) is 0.233. The number of hydrogen-bond acceptors (Lipinski definition) is 7. The molecule has 2 atom stereocenters. The highest BCUT2D eigenvalue weighted by Crippen LogP contribution is 2.37. The first-order valence-corrected chi connectivity index (χ1v) is 13.6. The summed E-state index contributed by atoms with van der Waals surface area (Å²) in [5.41, 5.74) is 2.80. The van der Waals surface area contributed by atoms with Crippen molar-refractivity contribution in [2.24, 2.45) is 0 Å². The summed E-state index contributed by atoms with van der Waals surface area (Å²) < 4.78 is 18.3. The lowest BCUT2D eigenvalue weighted by Gasteiger charge is -2.22. The second-order valence-corrected chi connectivity index (χ2v) is 10.6. The van der Waals surface area contributed by atoms with E-state index < -0.39 is 24.5 Å². The molecule has 1 aliphatic rings. The number of thiocarbonyl (C=S) groups is 1.